The summed E-state index contributed by atoms with van der Waals surface area (Å²) in [6.45, 7) is 3.72. The number of hydrogen-bond acceptors (Lipinski definition) is 4. The van der Waals surface area contributed by atoms with Crippen LogP contribution in [-0.2, 0) is 17.8 Å². The molecule has 1 amide bonds. The molecule has 0 saturated carbocycles. The molecule has 6 heteroatoms. The van der Waals surface area contributed by atoms with Crippen molar-refractivity contribution in [3.05, 3.63) is 34.5 Å². The number of likely N-dealkylation sites (tertiary alicyclic amines) is 1. The minimum Gasteiger partial charge on any atom is -0.338 e. The summed E-state index contributed by atoms with van der Waals surface area (Å²) in [6.07, 6.45) is 9.17. The smallest absolute Gasteiger partial charge is 0.223 e. The number of nitrogens with zero attached hydrogens (tertiary/aromatic N) is 4. The van der Waals surface area contributed by atoms with Gasteiger partial charge in [0.2, 0.25) is 5.91 Å². The van der Waals surface area contributed by atoms with Gasteiger partial charge in [-0.1, -0.05) is 0 Å². The minimum atomic E-state index is 0.247. The van der Waals surface area contributed by atoms with Crippen LogP contribution in [0, 0.1) is 6.92 Å². The third kappa shape index (κ3) is 3.50. The Bertz CT molecular complexity index is 593. The maximum atomic E-state index is 12.4. The molecule has 1 unspecified atom stereocenters. The van der Waals surface area contributed by atoms with Crippen molar-refractivity contribution in [1.29, 1.82) is 0 Å². The van der Waals surface area contributed by atoms with Crippen molar-refractivity contribution in [2.45, 2.75) is 45.2 Å². The van der Waals surface area contributed by atoms with Gasteiger partial charge in [-0.2, -0.15) is 5.10 Å². The normalized spacial score (nSPS) is 18.3. The van der Waals surface area contributed by atoms with Crippen molar-refractivity contribution in [3.63, 3.8) is 0 Å². The standard InChI is InChI=1S/C15H20N4OS/c1-12-9-17-18(10-12)11-13-3-2-7-19(13)15(20)5-4-14-16-6-8-21-14/h6,8-10,13H,2-5,7,11H2,1H3. The Labute approximate surface area is 128 Å². The van der Waals surface area contributed by atoms with Gasteiger partial charge in [0.15, 0.2) is 0 Å². The lowest BCUT2D eigenvalue weighted by atomic mass is 10.2. The molecule has 0 aliphatic carbocycles. The van der Waals surface area contributed by atoms with Crippen molar-refractivity contribution in [3.8, 4) is 0 Å². The van der Waals surface area contributed by atoms with Crippen LogP contribution in [0.5, 0.6) is 0 Å². The van der Waals surface area contributed by atoms with Crippen molar-refractivity contribution in [2.24, 2.45) is 0 Å². The molecular weight excluding hydrogens is 284 g/mol. The van der Waals surface area contributed by atoms with E-state index in [0.717, 1.165) is 42.9 Å². The number of aryl methyl sites for hydroxylation is 2. The van der Waals surface area contributed by atoms with Gasteiger partial charge in [0.05, 0.1) is 23.8 Å². The molecular formula is C15H20N4OS. The van der Waals surface area contributed by atoms with Gasteiger partial charge >= 0.3 is 0 Å². The molecule has 2 aromatic rings. The van der Waals surface area contributed by atoms with Gasteiger partial charge in [0.1, 0.15) is 0 Å². The third-order valence-corrected chi connectivity index (χ3v) is 4.73. The Morgan fingerprint density at radius 3 is 3.14 bits per heavy atom. The summed E-state index contributed by atoms with van der Waals surface area (Å²) in [7, 11) is 0. The molecule has 1 aliphatic heterocycles. The summed E-state index contributed by atoms with van der Waals surface area (Å²) in [5.41, 5.74) is 1.16. The highest BCUT2D eigenvalue weighted by atomic mass is 32.1. The van der Waals surface area contributed by atoms with E-state index in [1.54, 1.807) is 17.5 Å². The number of carbonyl (C=O) groups excluding carboxylic acids is 1. The minimum absolute atomic E-state index is 0.247. The first-order chi connectivity index (χ1) is 10.2. The average Bonchev–Trinajstić information content (AvgIpc) is 3.19. The van der Waals surface area contributed by atoms with Crippen LogP contribution >= 0.6 is 11.3 Å². The highest BCUT2D eigenvalue weighted by Crippen LogP contribution is 2.20. The molecule has 5 nitrogen and oxygen atoms in total. The van der Waals surface area contributed by atoms with E-state index in [1.807, 2.05) is 34.3 Å². The van der Waals surface area contributed by atoms with Gasteiger partial charge in [-0.3, -0.25) is 9.48 Å². The fourth-order valence-electron chi connectivity index (χ4n) is 2.87. The molecule has 1 saturated heterocycles. The van der Waals surface area contributed by atoms with Gasteiger partial charge in [0.25, 0.3) is 0 Å². The van der Waals surface area contributed by atoms with Crippen LogP contribution in [0.25, 0.3) is 0 Å². The van der Waals surface area contributed by atoms with E-state index in [2.05, 4.69) is 10.1 Å². The van der Waals surface area contributed by atoms with Crippen molar-refractivity contribution < 1.29 is 4.79 Å². The van der Waals surface area contributed by atoms with Gasteiger partial charge in [-0.05, 0) is 25.3 Å². The Morgan fingerprint density at radius 2 is 2.43 bits per heavy atom. The number of thiazole rings is 1. The summed E-state index contributed by atoms with van der Waals surface area (Å²) >= 11 is 1.62. The Kier molecular flexibility index (Phi) is 4.34. The third-order valence-electron chi connectivity index (χ3n) is 3.89. The first-order valence-corrected chi connectivity index (χ1v) is 8.27. The lowest BCUT2D eigenvalue weighted by Gasteiger charge is -2.24. The molecule has 3 rings (SSSR count). The molecule has 1 atom stereocenters. The first kappa shape index (κ1) is 14.3. The van der Waals surface area contributed by atoms with Crippen LogP contribution in [0.2, 0.25) is 0 Å². The molecule has 1 fully saturated rings. The second-order valence-corrected chi connectivity index (χ2v) is 6.53. The first-order valence-electron chi connectivity index (χ1n) is 7.39. The summed E-state index contributed by atoms with van der Waals surface area (Å²) < 4.78 is 1.95. The number of hydrogen-bond donors (Lipinski definition) is 0. The SMILES string of the molecule is Cc1cnn(CC2CCCN2C(=O)CCc2nccs2)c1. The quantitative estimate of drug-likeness (QED) is 0.851. The Morgan fingerprint density at radius 1 is 1.52 bits per heavy atom. The van der Waals surface area contributed by atoms with Gasteiger partial charge < -0.3 is 4.90 Å². The summed E-state index contributed by atoms with van der Waals surface area (Å²) in [4.78, 5) is 18.7. The van der Waals surface area contributed by atoms with Crippen LogP contribution in [0.15, 0.2) is 24.0 Å². The van der Waals surface area contributed by atoms with Gasteiger partial charge in [-0.25, -0.2) is 4.98 Å². The predicted molar refractivity (Wildman–Crippen MR) is 82.1 cm³/mol. The molecule has 21 heavy (non-hydrogen) atoms. The zero-order valence-corrected chi connectivity index (χ0v) is 13.1. The van der Waals surface area contributed by atoms with Crippen molar-refractivity contribution in [2.75, 3.05) is 6.54 Å². The summed E-state index contributed by atoms with van der Waals surface area (Å²) in [6, 6.07) is 0.285. The second-order valence-electron chi connectivity index (χ2n) is 5.55. The summed E-state index contributed by atoms with van der Waals surface area (Å²) in [5, 5.41) is 7.33. The van der Waals surface area contributed by atoms with Crippen LogP contribution < -0.4 is 0 Å². The van der Waals surface area contributed by atoms with Crippen LogP contribution in [0.1, 0.15) is 29.8 Å². The maximum absolute atomic E-state index is 12.4. The van der Waals surface area contributed by atoms with Crippen LogP contribution in [-0.4, -0.2) is 38.2 Å². The maximum Gasteiger partial charge on any atom is 0.223 e. The largest absolute Gasteiger partial charge is 0.338 e. The van der Waals surface area contributed by atoms with Gasteiger partial charge in [-0.15, -0.1) is 11.3 Å². The molecule has 112 valence electrons. The van der Waals surface area contributed by atoms with E-state index in [4.69, 9.17) is 0 Å². The highest BCUT2D eigenvalue weighted by Gasteiger charge is 2.28. The van der Waals surface area contributed by atoms with E-state index in [9.17, 15) is 4.79 Å². The lowest BCUT2D eigenvalue weighted by Crippen LogP contribution is -2.38. The van der Waals surface area contributed by atoms with E-state index in [0.29, 0.717) is 6.42 Å². The zero-order chi connectivity index (χ0) is 14.7. The molecule has 0 N–H and O–H groups in total. The van der Waals surface area contributed by atoms with Gasteiger partial charge in [0, 0.05) is 37.2 Å². The summed E-state index contributed by atoms with van der Waals surface area (Å²) in [5.74, 6) is 0.247. The van der Waals surface area contributed by atoms with Crippen LogP contribution in [0.4, 0.5) is 0 Å². The highest BCUT2D eigenvalue weighted by molar-refractivity contribution is 7.09. The van der Waals surface area contributed by atoms with E-state index < -0.39 is 0 Å². The monoisotopic (exact) mass is 304 g/mol. The van der Waals surface area contributed by atoms with E-state index in [-0.39, 0.29) is 11.9 Å². The fraction of sp³-hybridized carbons (Fsp3) is 0.533. The number of rotatable bonds is 5. The Hall–Kier alpha value is -1.69. The Balaban J connectivity index is 1.56. The van der Waals surface area contributed by atoms with Crippen molar-refractivity contribution in [1.82, 2.24) is 19.7 Å². The predicted octanol–water partition coefficient (Wildman–Crippen LogP) is 2.27. The molecule has 1 aliphatic rings. The zero-order valence-electron chi connectivity index (χ0n) is 12.2. The molecule has 0 spiro atoms. The fourth-order valence-corrected chi connectivity index (χ4v) is 3.49. The molecule has 0 bridgehead atoms. The molecule has 2 aromatic heterocycles. The number of aromatic nitrogens is 3. The average molecular weight is 304 g/mol. The molecule has 0 aromatic carbocycles. The van der Waals surface area contributed by atoms with Crippen LogP contribution in [0.3, 0.4) is 0 Å². The molecule has 3 heterocycles. The van der Waals surface area contributed by atoms with Crippen molar-refractivity contribution >= 4 is 17.2 Å². The molecule has 0 radical (unpaired) electrons. The topological polar surface area (TPSA) is 51.0 Å². The number of amides is 1. The van der Waals surface area contributed by atoms with E-state index >= 15 is 0 Å². The lowest BCUT2D eigenvalue weighted by molar-refractivity contribution is -0.132. The van der Waals surface area contributed by atoms with E-state index in [1.165, 1.54) is 0 Å². The number of carbonyl (C=O) groups is 1. The second kappa shape index (κ2) is 6.39.